The van der Waals surface area contributed by atoms with Crippen LogP contribution in [0, 0.1) is 6.92 Å². The lowest BCUT2D eigenvalue weighted by molar-refractivity contribution is 0.0678. The van der Waals surface area contributed by atoms with Gasteiger partial charge in [0.05, 0.1) is 11.3 Å². The van der Waals surface area contributed by atoms with Crippen molar-refractivity contribution in [2.24, 2.45) is 0 Å². The van der Waals surface area contributed by atoms with Crippen LogP contribution in [0.25, 0.3) is 11.0 Å². The fourth-order valence-electron chi connectivity index (χ4n) is 4.66. The van der Waals surface area contributed by atoms with Crippen LogP contribution < -0.4 is 0 Å². The lowest BCUT2D eigenvalue weighted by Crippen LogP contribution is -2.39. The Hall–Kier alpha value is -3.41. The number of likely N-dealkylation sites (tertiary alicyclic amines) is 1. The molecule has 1 saturated heterocycles. The van der Waals surface area contributed by atoms with Gasteiger partial charge in [-0.15, -0.1) is 0 Å². The van der Waals surface area contributed by atoms with Crippen molar-refractivity contribution in [3.63, 3.8) is 0 Å². The number of amides is 2. The van der Waals surface area contributed by atoms with E-state index in [1.807, 2.05) is 65.3 Å². The van der Waals surface area contributed by atoms with E-state index < -0.39 is 0 Å². The van der Waals surface area contributed by atoms with E-state index in [1.165, 1.54) is 0 Å². The molecular formula is C26H27N3O3. The van der Waals surface area contributed by atoms with Crippen LogP contribution in [0.1, 0.15) is 57.5 Å². The second-order valence-corrected chi connectivity index (χ2v) is 8.61. The summed E-state index contributed by atoms with van der Waals surface area (Å²) in [6.07, 6.45) is 6.62. The number of hydrogen-bond acceptors (Lipinski definition) is 4. The maximum atomic E-state index is 13.2. The highest BCUT2D eigenvalue weighted by molar-refractivity contribution is 5.97. The molecule has 2 aliphatic heterocycles. The molecule has 32 heavy (non-hydrogen) atoms. The number of aromatic nitrogens is 1. The summed E-state index contributed by atoms with van der Waals surface area (Å²) in [7, 11) is 0. The Labute approximate surface area is 187 Å². The zero-order valence-electron chi connectivity index (χ0n) is 18.3. The number of rotatable bonds is 3. The fourth-order valence-corrected chi connectivity index (χ4v) is 4.66. The monoisotopic (exact) mass is 429 g/mol. The zero-order valence-corrected chi connectivity index (χ0v) is 18.3. The molecule has 0 atom stereocenters. The number of hydrogen-bond donors (Lipinski definition) is 0. The van der Waals surface area contributed by atoms with Crippen LogP contribution in [0.3, 0.4) is 0 Å². The van der Waals surface area contributed by atoms with E-state index in [0.29, 0.717) is 31.0 Å². The molecule has 3 aromatic rings. The van der Waals surface area contributed by atoms with Gasteiger partial charge in [0.1, 0.15) is 5.58 Å². The van der Waals surface area contributed by atoms with Crippen LogP contribution in [0.2, 0.25) is 0 Å². The molecule has 2 aliphatic rings. The number of pyridine rings is 1. The van der Waals surface area contributed by atoms with Gasteiger partial charge in [0.15, 0.2) is 5.76 Å². The number of carbonyl (C=O) groups excluding carboxylic acids is 2. The quantitative estimate of drug-likeness (QED) is 0.573. The Bertz CT molecular complexity index is 1160. The van der Waals surface area contributed by atoms with Crippen molar-refractivity contribution in [3.05, 3.63) is 77.3 Å². The minimum atomic E-state index is -0.0757. The third kappa shape index (κ3) is 3.93. The SMILES string of the molecule is Cc1ccc(C(=O)N2CC=CCC2)c(C2CCN(C(=O)c3cc4ccccc4o3)CC2)n1. The summed E-state index contributed by atoms with van der Waals surface area (Å²) in [5.41, 5.74) is 3.22. The highest BCUT2D eigenvalue weighted by atomic mass is 16.3. The number of aryl methyl sites for hydroxylation is 1. The number of fused-ring (bicyclic) bond motifs is 1. The number of benzene rings is 1. The lowest BCUT2D eigenvalue weighted by Gasteiger charge is -2.32. The second-order valence-electron chi connectivity index (χ2n) is 8.61. The maximum absolute atomic E-state index is 13.2. The van der Waals surface area contributed by atoms with Gasteiger partial charge >= 0.3 is 0 Å². The minimum absolute atomic E-state index is 0.0534. The molecule has 164 valence electrons. The first-order valence-corrected chi connectivity index (χ1v) is 11.3. The lowest BCUT2D eigenvalue weighted by atomic mass is 9.89. The van der Waals surface area contributed by atoms with Crippen molar-refractivity contribution in [1.82, 2.24) is 14.8 Å². The van der Waals surface area contributed by atoms with Gasteiger partial charge in [0.25, 0.3) is 11.8 Å². The third-order valence-corrected chi connectivity index (χ3v) is 6.44. The molecule has 5 rings (SSSR count). The van der Waals surface area contributed by atoms with Gasteiger partial charge in [-0.1, -0.05) is 30.4 Å². The summed E-state index contributed by atoms with van der Waals surface area (Å²) in [4.78, 5) is 34.7. The van der Waals surface area contributed by atoms with Gasteiger partial charge in [0.2, 0.25) is 0 Å². The predicted molar refractivity (Wildman–Crippen MR) is 123 cm³/mol. The maximum Gasteiger partial charge on any atom is 0.289 e. The molecule has 2 aromatic heterocycles. The summed E-state index contributed by atoms with van der Waals surface area (Å²) in [5.74, 6) is 0.521. The number of nitrogens with zero attached hydrogens (tertiary/aromatic N) is 3. The molecule has 0 saturated carbocycles. The first-order valence-electron chi connectivity index (χ1n) is 11.3. The summed E-state index contributed by atoms with van der Waals surface area (Å²) >= 11 is 0. The molecule has 0 aliphatic carbocycles. The van der Waals surface area contributed by atoms with Crippen molar-refractivity contribution in [2.75, 3.05) is 26.2 Å². The van der Waals surface area contributed by atoms with Gasteiger partial charge in [0, 0.05) is 43.2 Å². The van der Waals surface area contributed by atoms with Gasteiger partial charge in [-0.25, -0.2) is 0 Å². The van der Waals surface area contributed by atoms with Gasteiger partial charge in [-0.3, -0.25) is 14.6 Å². The first kappa shape index (κ1) is 20.5. The molecule has 0 spiro atoms. The van der Waals surface area contributed by atoms with Gasteiger partial charge < -0.3 is 14.2 Å². The Kier molecular flexibility index (Phi) is 5.52. The highest BCUT2D eigenvalue weighted by Gasteiger charge is 2.30. The first-order chi connectivity index (χ1) is 15.6. The number of carbonyl (C=O) groups is 2. The summed E-state index contributed by atoms with van der Waals surface area (Å²) in [6.45, 7) is 4.60. The standard InChI is InChI=1S/C26H27N3O3/c1-18-9-10-21(25(30)28-13-5-2-6-14-28)24(27-18)19-11-15-29(16-12-19)26(31)23-17-20-7-3-4-8-22(20)32-23/h2-5,7-10,17,19H,6,11-16H2,1H3. The van der Waals surface area contributed by atoms with E-state index in [1.54, 1.807) is 0 Å². The van der Waals surface area contributed by atoms with E-state index in [4.69, 9.17) is 9.40 Å². The summed E-state index contributed by atoms with van der Waals surface area (Å²) in [6, 6.07) is 13.3. The molecule has 0 unspecified atom stereocenters. The summed E-state index contributed by atoms with van der Waals surface area (Å²) in [5, 5.41) is 0.936. The number of para-hydroxylation sites is 1. The molecule has 1 aromatic carbocycles. The van der Waals surface area contributed by atoms with Crippen molar-refractivity contribution in [1.29, 1.82) is 0 Å². The average Bonchev–Trinajstić information content (AvgIpc) is 3.28. The fraction of sp³-hybridized carbons (Fsp3) is 0.346. The smallest absolute Gasteiger partial charge is 0.289 e. The second kappa shape index (κ2) is 8.61. The van der Waals surface area contributed by atoms with Crippen LogP contribution in [0.15, 0.2) is 59.0 Å². The van der Waals surface area contributed by atoms with Crippen molar-refractivity contribution < 1.29 is 14.0 Å². The van der Waals surface area contributed by atoms with Crippen molar-refractivity contribution in [3.8, 4) is 0 Å². The molecule has 2 amide bonds. The molecule has 0 N–H and O–H groups in total. The average molecular weight is 430 g/mol. The molecule has 0 bridgehead atoms. The normalized spacial score (nSPS) is 17.2. The van der Waals surface area contributed by atoms with Gasteiger partial charge in [-0.2, -0.15) is 0 Å². The van der Waals surface area contributed by atoms with Crippen LogP contribution in [-0.4, -0.2) is 52.8 Å². The Morgan fingerprint density at radius 2 is 1.78 bits per heavy atom. The zero-order chi connectivity index (χ0) is 22.1. The van der Waals surface area contributed by atoms with Crippen LogP contribution in [-0.2, 0) is 0 Å². The number of furan rings is 1. The molecule has 1 fully saturated rings. The van der Waals surface area contributed by atoms with Gasteiger partial charge in [-0.05, 0) is 50.5 Å². The largest absolute Gasteiger partial charge is 0.451 e. The minimum Gasteiger partial charge on any atom is -0.451 e. The number of piperidine rings is 1. The Morgan fingerprint density at radius 3 is 2.53 bits per heavy atom. The van der Waals surface area contributed by atoms with E-state index in [9.17, 15) is 9.59 Å². The molecular weight excluding hydrogens is 402 g/mol. The van der Waals surface area contributed by atoms with Crippen LogP contribution in [0.5, 0.6) is 0 Å². The molecule has 4 heterocycles. The van der Waals surface area contributed by atoms with E-state index >= 15 is 0 Å². The topological polar surface area (TPSA) is 66.7 Å². The van der Waals surface area contributed by atoms with Crippen molar-refractivity contribution >= 4 is 22.8 Å². The molecule has 6 heteroatoms. The Morgan fingerprint density at radius 1 is 0.969 bits per heavy atom. The Balaban J connectivity index is 1.31. The van der Waals surface area contributed by atoms with E-state index in [0.717, 1.165) is 48.2 Å². The van der Waals surface area contributed by atoms with Crippen molar-refractivity contribution in [2.45, 2.75) is 32.1 Å². The highest BCUT2D eigenvalue weighted by Crippen LogP contribution is 2.31. The third-order valence-electron chi connectivity index (χ3n) is 6.44. The molecule has 0 radical (unpaired) electrons. The summed E-state index contributed by atoms with van der Waals surface area (Å²) < 4.78 is 5.77. The van der Waals surface area contributed by atoms with E-state index in [-0.39, 0.29) is 17.7 Å². The van der Waals surface area contributed by atoms with Crippen LogP contribution >= 0.6 is 0 Å². The van der Waals surface area contributed by atoms with Crippen LogP contribution in [0.4, 0.5) is 0 Å². The molecule has 6 nitrogen and oxygen atoms in total. The predicted octanol–water partition coefficient (Wildman–Crippen LogP) is 4.56. The van der Waals surface area contributed by atoms with E-state index in [2.05, 4.69) is 6.08 Å².